The van der Waals surface area contributed by atoms with Gasteiger partial charge < -0.3 is 9.26 Å². The molecule has 2 aromatic carbocycles. The Labute approximate surface area is 193 Å². The van der Waals surface area contributed by atoms with Crippen molar-refractivity contribution >= 4 is 0 Å². The zero-order chi connectivity index (χ0) is 24.8. The highest BCUT2D eigenvalue weighted by atomic mass is 19.4. The average Bonchev–Trinajstić information content (AvgIpc) is 3.34. The number of rotatable bonds is 5. The van der Waals surface area contributed by atoms with E-state index < -0.39 is 12.1 Å². The van der Waals surface area contributed by atoms with Gasteiger partial charge in [-0.25, -0.2) is 4.68 Å². The van der Waals surface area contributed by atoms with Crippen molar-refractivity contribution in [3.8, 4) is 28.4 Å². The molecule has 0 atom stereocenters. The van der Waals surface area contributed by atoms with Crippen LogP contribution in [0.25, 0.3) is 22.5 Å². The first-order chi connectivity index (χ1) is 16.0. The number of methoxy groups -OCH3 is 1. The van der Waals surface area contributed by atoms with E-state index in [1.54, 1.807) is 40.7 Å². The van der Waals surface area contributed by atoms with E-state index in [0.717, 1.165) is 27.8 Å². The van der Waals surface area contributed by atoms with Crippen molar-refractivity contribution in [1.29, 1.82) is 0 Å². The van der Waals surface area contributed by atoms with Crippen molar-refractivity contribution < 1.29 is 22.4 Å². The molecule has 0 spiro atoms. The second-order valence-corrected chi connectivity index (χ2v) is 8.16. The normalized spacial score (nSPS) is 11.8. The third kappa shape index (κ3) is 4.11. The molecule has 10 heteroatoms. The van der Waals surface area contributed by atoms with Crippen molar-refractivity contribution in [3.05, 3.63) is 74.9 Å². The van der Waals surface area contributed by atoms with E-state index in [0.29, 0.717) is 17.0 Å². The molecule has 4 rings (SSSR count). The maximum Gasteiger partial charge on any atom is 0.471 e. The molecule has 0 aliphatic heterocycles. The fourth-order valence-corrected chi connectivity index (χ4v) is 4.22. The molecule has 2 aromatic heterocycles. The molecule has 0 fully saturated rings. The average molecular weight is 472 g/mol. The largest absolute Gasteiger partial charge is 0.481 e. The van der Waals surface area contributed by atoms with Crippen molar-refractivity contribution in [3.63, 3.8) is 0 Å². The predicted octanol–water partition coefficient (Wildman–Crippen LogP) is 4.90. The van der Waals surface area contributed by atoms with Crippen molar-refractivity contribution in [2.75, 3.05) is 7.11 Å². The number of ether oxygens (including phenoxy) is 1. The van der Waals surface area contributed by atoms with Gasteiger partial charge in [0, 0.05) is 12.6 Å². The summed E-state index contributed by atoms with van der Waals surface area (Å²) in [5.41, 5.74) is 5.33. The lowest BCUT2D eigenvalue weighted by molar-refractivity contribution is -0.159. The van der Waals surface area contributed by atoms with Gasteiger partial charge in [-0.05, 0) is 43.0 Å². The fourth-order valence-electron chi connectivity index (χ4n) is 4.22. The summed E-state index contributed by atoms with van der Waals surface area (Å²) in [7, 11) is 3.27. The van der Waals surface area contributed by atoms with Gasteiger partial charge in [-0.1, -0.05) is 47.1 Å². The lowest BCUT2D eigenvalue weighted by Gasteiger charge is -2.11. The summed E-state index contributed by atoms with van der Waals surface area (Å²) in [5, 5.41) is 3.40. The van der Waals surface area contributed by atoms with Crippen LogP contribution in [-0.4, -0.2) is 26.6 Å². The molecule has 178 valence electrons. The Bertz CT molecular complexity index is 1390. The van der Waals surface area contributed by atoms with Crippen LogP contribution in [-0.2, 0) is 19.8 Å². The number of hydrogen-bond donors (Lipinski definition) is 0. The maximum atomic E-state index is 13.5. The second-order valence-electron chi connectivity index (χ2n) is 8.16. The molecule has 0 aliphatic rings. The van der Waals surface area contributed by atoms with Gasteiger partial charge in [-0.3, -0.25) is 9.48 Å². The molecule has 0 saturated carbocycles. The molecule has 0 N–H and O–H groups in total. The lowest BCUT2D eigenvalue weighted by Crippen LogP contribution is -2.23. The summed E-state index contributed by atoms with van der Waals surface area (Å²) < 4.78 is 51.2. The quantitative estimate of drug-likeness (QED) is 0.413. The smallest absolute Gasteiger partial charge is 0.471 e. The van der Waals surface area contributed by atoms with E-state index >= 15 is 0 Å². The fraction of sp³-hybridized carbons (Fsp3) is 0.292. The highest BCUT2D eigenvalue weighted by molar-refractivity contribution is 5.75. The van der Waals surface area contributed by atoms with Crippen LogP contribution in [0.1, 0.15) is 28.1 Å². The Balaban J connectivity index is 1.69. The Kier molecular flexibility index (Phi) is 5.84. The SMILES string of the molecule is COc1c(-c2c(C)cc(C)cc2C)c(=O)n(Cc2ccc(-c3noc(C(F)(F)F)n3)cc2)n1C. The number of aromatic nitrogens is 4. The predicted molar refractivity (Wildman–Crippen MR) is 120 cm³/mol. The minimum Gasteiger partial charge on any atom is -0.481 e. The molecule has 2 heterocycles. The molecule has 7 nitrogen and oxygen atoms in total. The summed E-state index contributed by atoms with van der Waals surface area (Å²) in [5.74, 6) is -1.12. The maximum absolute atomic E-state index is 13.5. The number of hydrogen-bond acceptors (Lipinski definition) is 5. The monoisotopic (exact) mass is 472 g/mol. The molecular weight excluding hydrogens is 449 g/mol. The zero-order valence-corrected chi connectivity index (χ0v) is 19.3. The van der Waals surface area contributed by atoms with Crippen LogP contribution in [0, 0.1) is 20.8 Å². The van der Waals surface area contributed by atoms with Crippen LogP contribution in [0.4, 0.5) is 13.2 Å². The number of halogens is 3. The molecule has 0 unspecified atom stereocenters. The molecule has 0 aliphatic carbocycles. The van der Waals surface area contributed by atoms with Gasteiger partial charge in [0.25, 0.3) is 5.56 Å². The highest BCUT2D eigenvalue weighted by Gasteiger charge is 2.38. The van der Waals surface area contributed by atoms with E-state index in [1.165, 1.54) is 7.11 Å². The van der Waals surface area contributed by atoms with E-state index in [-0.39, 0.29) is 17.9 Å². The zero-order valence-electron chi connectivity index (χ0n) is 19.3. The summed E-state index contributed by atoms with van der Waals surface area (Å²) in [6.07, 6.45) is -4.70. The molecule has 0 radical (unpaired) electrons. The van der Waals surface area contributed by atoms with E-state index in [1.807, 2.05) is 32.9 Å². The number of benzene rings is 2. The third-order valence-electron chi connectivity index (χ3n) is 5.65. The van der Waals surface area contributed by atoms with E-state index in [4.69, 9.17) is 4.74 Å². The van der Waals surface area contributed by atoms with Crippen LogP contribution in [0.15, 0.2) is 45.7 Å². The van der Waals surface area contributed by atoms with Crippen LogP contribution < -0.4 is 10.3 Å². The van der Waals surface area contributed by atoms with Gasteiger partial charge in [-0.15, -0.1) is 0 Å². The molecule has 0 bridgehead atoms. The summed E-state index contributed by atoms with van der Waals surface area (Å²) in [6, 6.07) is 10.6. The molecule has 0 saturated heterocycles. The van der Waals surface area contributed by atoms with Gasteiger partial charge in [0.15, 0.2) is 0 Å². The van der Waals surface area contributed by atoms with Gasteiger partial charge in [0.1, 0.15) is 5.56 Å². The molecular formula is C24H23F3N4O3. The Morgan fingerprint density at radius 2 is 1.65 bits per heavy atom. The minimum atomic E-state index is -4.70. The van der Waals surface area contributed by atoms with Crippen molar-refractivity contribution in [1.82, 2.24) is 19.5 Å². The van der Waals surface area contributed by atoms with Gasteiger partial charge in [0.2, 0.25) is 11.7 Å². The number of nitrogens with zero attached hydrogens (tertiary/aromatic N) is 4. The molecule has 34 heavy (non-hydrogen) atoms. The Hall–Kier alpha value is -3.82. The first-order valence-electron chi connectivity index (χ1n) is 10.4. The summed E-state index contributed by atoms with van der Waals surface area (Å²) >= 11 is 0. The molecule has 4 aromatic rings. The van der Waals surface area contributed by atoms with Crippen molar-refractivity contribution in [2.45, 2.75) is 33.5 Å². The van der Waals surface area contributed by atoms with Gasteiger partial charge in [-0.2, -0.15) is 18.2 Å². The van der Waals surface area contributed by atoms with Crippen LogP contribution in [0.2, 0.25) is 0 Å². The lowest BCUT2D eigenvalue weighted by atomic mass is 9.95. The number of alkyl halides is 3. The Morgan fingerprint density at radius 1 is 1.03 bits per heavy atom. The first-order valence-corrected chi connectivity index (χ1v) is 10.4. The molecule has 0 amide bonds. The van der Waals surface area contributed by atoms with E-state index in [9.17, 15) is 18.0 Å². The topological polar surface area (TPSA) is 75.1 Å². The summed E-state index contributed by atoms with van der Waals surface area (Å²) in [6.45, 7) is 6.17. The van der Waals surface area contributed by atoms with Crippen LogP contribution in [0.3, 0.4) is 0 Å². The van der Waals surface area contributed by atoms with Crippen molar-refractivity contribution in [2.24, 2.45) is 7.05 Å². The van der Waals surface area contributed by atoms with Crippen LogP contribution in [0.5, 0.6) is 5.88 Å². The first kappa shape index (κ1) is 23.3. The minimum absolute atomic E-state index is 0.163. The number of aryl methyl sites for hydroxylation is 3. The van der Waals surface area contributed by atoms with Gasteiger partial charge in [0.05, 0.1) is 13.7 Å². The second kappa shape index (κ2) is 8.51. The third-order valence-corrected chi connectivity index (χ3v) is 5.65. The summed E-state index contributed by atoms with van der Waals surface area (Å²) in [4.78, 5) is 16.9. The Morgan fingerprint density at radius 3 is 2.18 bits per heavy atom. The standard InChI is InChI=1S/C24H23F3N4O3/c1-13-10-14(2)18(15(3)11-13)19-21(32)31(30(4)22(19)33-5)12-16-6-8-17(9-7-16)20-28-23(34-29-20)24(25,26)27/h6-11H,12H2,1-5H3. The van der Waals surface area contributed by atoms with Crippen LogP contribution >= 0.6 is 0 Å². The van der Waals surface area contributed by atoms with Gasteiger partial charge >= 0.3 is 12.1 Å². The highest BCUT2D eigenvalue weighted by Crippen LogP contribution is 2.33. The van der Waals surface area contributed by atoms with E-state index in [2.05, 4.69) is 14.7 Å².